The van der Waals surface area contributed by atoms with E-state index in [0.717, 1.165) is 37.3 Å². The predicted octanol–water partition coefficient (Wildman–Crippen LogP) is 3.37. The van der Waals surface area contributed by atoms with Crippen LogP contribution in [0.3, 0.4) is 0 Å². The van der Waals surface area contributed by atoms with Gasteiger partial charge in [0.25, 0.3) is 0 Å². The van der Waals surface area contributed by atoms with Gasteiger partial charge in [-0.1, -0.05) is 12.1 Å². The van der Waals surface area contributed by atoms with Crippen molar-refractivity contribution < 1.29 is 4.39 Å². The Morgan fingerprint density at radius 1 is 1.05 bits per heavy atom. The molecule has 21 heavy (non-hydrogen) atoms. The van der Waals surface area contributed by atoms with E-state index in [9.17, 15) is 4.39 Å². The highest BCUT2D eigenvalue weighted by molar-refractivity contribution is 5.56. The highest BCUT2D eigenvalue weighted by atomic mass is 19.1. The summed E-state index contributed by atoms with van der Waals surface area (Å²) in [5, 5.41) is 3.38. The summed E-state index contributed by atoms with van der Waals surface area (Å²) in [5.74, 6) is 0.729. The van der Waals surface area contributed by atoms with Gasteiger partial charge in [-0.3, -0.25) is 0 Å². The van der Waals surface area contributed by atoms with Crippen molar-refractivity contribution >= 4 is 0 Å². The molecule has 0 saturated carbocycles. The lowest BCUT2D eigenvalue weighted by Gasteiger charge is -2.25. The van der Waals surface area contributed by atoms with Gasteiger partial charge in [0, 0.05) is 11.4 Å². The number of nitrogens with zero attached hydrogens (tertiary/aromatic N) is 2. The summed E-state index contributed by atoms with van der Waals surface area (Å²) >= 11 is 0. The van der Waals surface area contributed by atoms with Gasteiger partial charge >= 0.3 is 0 Å². The van der Waals surface area contributed by atoms with Crippen LogP contribution in [0.15, 0.2) is 24.3 Å². The van der Waals surface area contributed by atoms with E-state index in [-0.39, 0.29) is 5.82 Å². The summed E-state index contributed by atoms with van der Waals surface area (Å²) in [5.41, 5.74) is 3.68. The molecule has 0 atom stereocenters. The van der Waals surface area contributed by atoms with Crippen LogP contribution in [-0.2, 0) is 0 Å². The van der Waals surface area contributed by atoms with E-state index in [1.54, 1.807) is 12.1 Å². The first-order valence-electron chi connectivity index (χ1n) is 7.47. The Kier molecular flexibility index (Phi) is 3.97. The van der Waals surface area contributed by atoms with Gasteiger partial charge < -0.3 is 5.32 Å². The molecule has 2 aromatic rings. The van der Waals surface area contributed by atoms with E-state index < -0.39 is 0 Å². The second-order valence-corrected chi connectivity index (χ2v) is 5.64. The fourth-order valence-corrected chi connectivity index (χ4v) is 3.19. The topological polar surface area (TPSA) is 37.8 Å². The maximum Gasteiger partial charge on any atom is 0.162 e. The maximum absolute atomic E-state index is 13.9. The number of aromatic nitrogens is 2. The van der Waals surface area contributed by atoms with E-state index in [4.69, 9.17) is 0 Å². The smallest absolute Gasteiger partial charge is 0.162 e. The summed E-state index contributed by atoms with van der Waals surface area (Å²) in [6, 6.07) is 6.67. The fourth-order valence-electron chi connectivity index (χ4n) is 3.19. The van der Waals surface area contributed by atoms with Crippen molar-refractivity contribution in [1.82, 2.24) is 15.3 Å². The number of benzene rings is 1. The molecule has 0 unspecified atom stereocenters. The van der Waals surface area contributed by atoms with Crippen molar-refractivity contribution in [2.45, 2.75) is 32.6 Å². The third kappa shape index (κ3) is 2.81. The van der Waals surface area contributed by atoms with Gasteiger partial charge in [-0.2, -0.15) is 0 Å². The van der Waals surface area contributed by atoms with Crippen molar-refractivity contribution in [2.75, 3.05) is 13.1 Å². The third-order valence-corrected chi connectivity index (χ3v) is 4.19. The Labute approximate surface area is 124 Å². The molecule has 0 amide bonds. The number of aryl methyl sites for hydroxylation is 2. The van der Waals surface area contributed by atoms with Gasteiger partial charge in [0.15, 0.2) is 5.82 Å². The molecule has 1 saturated heterocycles. The standard InChI is InChI=1S/C17H20FN3/c1-11-16(13-7-9-19-10-8-13)12(2)21-17(20-11)14-5-3-4-6-15(14)18/h3-6,13,19H,7-10H2,1-2H3. The average molecular weight is 285 g/mol. The quantitative estimate of drug-likeness (QED) is 0.919. The monoisotopic (exact) mass is 285 g/mol. The molecule has 1 fully saturated rings. The maximum atomic E-state index is 13.9. The lowest BCUT2D eigenvalue weighted by atomic mass is 9.88. The van der Waals surface area contributed by atoms with E-state index in [1.807, 2.05) is 19.9 Å². The van der Waals surface area contributed by atoms with E-state index >= 15 is 0 Å². The van der Waals surface area contributed by atoms with Crippen LogP contribution in [0.4, 0.5) is 4.39 Å². The lowest BCUT2D eigenvalue weighted by Crippen LogP contribution is -2.27. The van der Waals surface area contributed by atoms with Gasteiger partial charge in [0.1, 0.15) is 5.82 Å². The van der Waals surface area contributed by atoms with Crippen molar-refractivity contribution in [3.05, 3.63) is 47.0 Å². The van der Waals surface area contributed by atoms with Crippen LogP contribution in [0.5, 0.6) is 0 Å². The first kappa shape index (κ1) is 14.1. The summed E-state index contributed by atoms with van der Waals surface area (Å²) in [6.45, 7) is 6.10. The van der Waals surface area contributed by atoms with Gasteiger partial charge in [0.05, 0.1) is 5.56 Å². The first-order valence-corrected chi connectivity index (χ1v) is 7.47. The second kappa shape index (κ2) is 5.90. The van der Waals surface area contributed by atoms with Crippen molar-refractivity contribution in [2.24, 2.45) is 0 Å². The molecule has 110 valence electrons. The number of rotatable bonds is 2. The van der Waals surface area contributed by atoms with Crippen LogP contribution in [0.1, 0.15) is 35.7 Å². The molecule has 0 aliphatic carbocycles. The van der Waals surface area contributed by atoms with Crippen molar-refractivity contribution in [3.8, 4) is 11.4 Å². The van der Waals surface area contributed by atoms with Gasteiger partial charge in [-0.25, -0.2) is 14.4 Å². The van der Waals surface area contributed by atoms with Crippen LogP contribution in [-0.4, -0.2) is 23.1 Å². The van der Waals surface area contributed by atoms with Gasteiger partial charge in [-0.05, 0) is 63.4 Å². The van der Waals surface area contributed by atoms with Crippen LogP contribution < -0.4 is 5.32 Å². The molecule has 1 aromatic carbocycles. The highest BCUT2D eigenvalue weighted by Gasteiger charge is 2.21. The summed E-state index contributed by atoms with van der Waals surface area (Å²) in [4.78, 5) is 9.14. The van der Waals surface area contributed by atoms with E-state index in [1.165, 1.54) is 11.6 Å². The zero-order chi connectivity index (χ0) is 14.8. The Hall–Kier alpha value is -1.81. The fraction of sp³-hybridized carbons (Fsp3) is 0.412. The molecule has 1 aliphatic heterocycles. The zero-order valence-corrected chi connectivity index (χ0v) is 12.5. The molecule has 4 heteroatoms. The molecule has 1 aromatic heterocycles. The summed E-state index contributed by atoms with van der Waals surface area (Å²) in [6.07, 6.45) is 2.23. The van der Waals surface area contributed by atoms with Gasteiger partial charge in [-0.15, -0.1) is 0 Å². The van der Waals surface area contributed by atoms with Crippen molar-refractivity contribution in [1.29, 1.82) is 0 Å². The van der Waals surface area contributed by atoms with Crippen LogP contribution in [0.25, 0.3) is 11.4 Å². The third-order valence-electron chi connectivity index (χ3n) is 4.19. The van der Waals surface area contributed by atoms with Gasteiger partial charge in [0.2, 0.25) is 0 Å². The molecular weight excluding hydrogens is 265 g/mol. The predicted molar refractivity (Wildman–Crippen MR) is 81.7 cm³/mol. The van der Waals surface area contributed by atoms with Crippen LogP contribution >= 0.6 is 0 Å². The minimum atomic E-state index is -0.272. The Morgan fingerprint density at radius 3 is 2.29 bits per heavy atom. The number of nitrogens with one attached hydrogen (secondary N) is 1. The molecule has 3 rings (SSSR count). The summed E-state index contributed by atoms with van der Waals surface area (Å²) < 4.78 is 13.9. The Balaban J connectivity index is 2.02. The average Bonchev–Trinajstić information content (AvgIpc) is 2.48. The molecule has 3 nitrogen and oxygen atoms in total. The normalized spacial score (nSPS) is 16.1. The Bertz CT molecular complexity index is 625. The molecule has 1 aliphatic rings. The van der Waals surface area contributed by atoms with Crippen LogP contribution in [0, 0.1) is 19.7 Å². The number of piperidine rings is 1. The second-order valence-electron chi connectivity index (χ2n) is 5.64. The Morgan fingerprint density at radius 2 is 1.67 bits per heavy atom. The van der Waals surface area contributed by atoms with E-state index in [0.29, 0.717) is 17.3 Å². The number of hydrogen-bond acceptors (Lipinski definition) is 3. The highest BCUT2D eigenvalue weighted by Crippen LogP contribution is 2.30. The van der Waals surface area contributed by atoms with Crippen molar-refractivity contribution in [3.63, 3.8) is 0 Å². The number of hydrogen-bond donors (Lipinski definition) is 1. The lowest BCUT2D eigenvalue weighted by molar-refractivity contribution is 0.455. The molecular formula is C17H20FN3. The van der Waals surface area contributed by atoms with E-state index in [2.05, 4.69) is 15.3 Å². The number of halogens is 1. The minimum Gasteiger partial charge on any atom is -0.317 e. The molecule has 0 spiro atoms. The molecule has 0 radical (unpaired) electrons. The molecule has 1 N–H and O–H groups in total. The molecule has 0 bridgehead atoms. The summed E-state index contributed by atoms with van der Waals surface area (Å²) in [7, 11) is 0. The first-order chi connectivity index (χ1) is 10.2. The SMILES string of the molecule is Cc1nc(-c2ccccc2F)nc(C)c1C1CCNCC1. The largest absolute Gasteiger partial charge is 0.317 e. The van der Waals surface area contributed by atoms with Crippen LogP contribution in [0.2, 0.25) is 0 Å². The zero-order valence-electron chi connectivity index (χ0n) is 12.5. The minimum absolute atomic E-state index is 0.272. The molecule has 2 heterocycles.